The Labute approximate surface area is 116 Å². The van der Waals surface area contributed by atoms with E-state index in [1.165, 1.54) is 0 Å². The second kappa shape index (κ2) is 6.55. The maximum absolute atomic E-state index is 5.88. The van der Waals surface area contributed by atoms with Gasteiger partial charge in [-0.25, -0.2) is 0 Å². The van der Waals surface area contributed by atoms with E-state index >= 15 is 0 Å². The molecule has 1 aromatic rings. The van der Waals surface area contributed by atoms with E-state index in [0.717, 1.165) is 57.3 Å². The minimum atomic E-state index is 0.0890. The zero-order valence-electron chi connectivity index (χ0n) is 12.4. The highest BCUT2D eigenvalue weighted by Crippen LogP contribution is 2.22. The van der Waals surface area contributed by atoms with Crippen LogP contribution >= 0.6 is 0 Å². The summed E-state index contributed by atoms with van der Waals surface area (Å²) in [4.78, 5) is 2.43. The minimum Gasteiger partial charge on any atom is -0.463 e. The molecule has 0 bridgehead atoms. The predicted octanol–water partition coefficient (Wildman–Crippen LogP) is 2.39. The van der Waals surface area contributed by atoms with Crippen molar-refractivity contribution in [1.82, 2.24) is 10.2 Å². The maximum atomic E-state index is 5.88. The summed E-state index contributed by atoms with van der Waals surface area (Å²) in [5.41, 5.74) is 0.0890. The number of nitrogens with zero attached hydrogens (tertiary/aromatic N) is 1. The Bertz CT molecular complexity index is 387. The molecule has 0 radical (unpaired) electrons. The largest absolute Gasteiger partial charge is 0.463 e. The normalized spacial score (nSPS) is 19.7. The summed E-state index contributed by atoms with van der Waals surface area (Å²) in [7, 11) is 0. The number of hydrogen-bond donors (Lipinski definition) is 1. The molecule has 0 aliphatic carbocycles. The first-order valence-corrected chi connectivity index (χ1v) is 7.23. The molecule has 0 saturated carbocycles. The summed E-state index contributed by atoms with van der Waals surface area (Å²) in [5.74, 6) is 2.07. The Kier molecular flexibility index (Phi) is 5.02. The molecule has 19 heavy (non-hydrogen) atoms. The summed E-state index contributed by atoms with van der Waals surface area (Å²) in [5, 5.41) is 3.36. The van der Waals surface area contributed by atoms with Crippen molar-refractivity contribution >= 4 is 0 Å². The molecule has 1 aromatic heterocycles. The van der Waals surface area contributed by atoms with Crippen LogP contribution in [0, 0.1) is 0 Å². The SMILES string of the molecule is CCCNCc1ccc(CN2CCOCC2(C)C)o1. The molecule has 1 N–H and O–H groups in total. The third-order valence-corrected chi connectivity index (χ3v) is 3.61. The van der Waals surface area contributed by atoms with Crippen LogP contribution in [0.25, 0.3) is 0 Å². The van der Waals surface area contributed by atoms with Crippen LogP contribution in [0.3, 0.4) is 0 Å². The standard InChI is InChI=1S/C15H26N2O2/c1-4-7-16-10-13-5-6-14(19-13)11-17-8-9-18-12-15(17,2)3/h5-6,16H,4,7-12H2,1-3H3. The fraction of sp³-hybridized carbons (Fsp3) is 0.733. The van der Waals surface area contributed by atoms with Crippen molar-refractivity contribution in [2.75, 3.05) is 26.3 Å². The third kappa shape index (κ3) is 4.06. The van der Waals surface area contributed by atoms with Gasteiger partial charge in [0.15, 0.2) is 0 Å². The van der Waals surface area contributed by atoms with Crippen molar-refractivity contribution < 1.29 is 9.15 Å². The lowest BCUT2D eigenvalue weighted by atomic mass is 10.0. The number of morpholine rings is 1. The monoisotopic (exact) mass is 266 g/mol. The van der Waals surface area contributed by atoms with E-state index in [4.69, 9.17) is 9.15 Å². The van der Waals surface area contributed by atoms with Gasteiger partial charge in [0.25, 0.3) is 0 Å². The van der Waals surface area contributed by atoms with Crippen LogP contribution in [-0.4, -0.2) is 36.7 Å². The molecule has 0 spiro atoms. The van der Waals surface area contributed by atoms with Crippen molar-refractivity contribution in [2.24, 2.45) is 0 Å². The number of ether oxygens (including phenoxy) is 1. The molecule has 4 heteroatoms. The van der Waals surface area contributed by atoms with E-state index in [2.05, 4.69) is 43.1 Å². The fourth-order valence-corrected chi connectivity index (χ4v) is 2.36. The molecule has 108 valence electrons. The number of nitrogens with one attached hydrogen (secondary N) is 1. The van der Waals surface area contributed by atoms with Crippen LogP contribution in [0.1, 0.15) is 38.7 Å². The number of hydrogen-bond acceptors (Lipinski definition) is 4. The molecule has 2 heterocycles. The van der Waals surface area contributed by atoms with Crippen LogP contribution in [0.15, 0.2) is 16.5 Å². The lowest BCUT2D eigenvalue weighted by Crippen LogP contribution is -2.52. The van der Waals surface area contributed by atoms with Crippen LogP contribution < -0.4 is 5.32 Å². The lowest BCUT2D eigenvalue weighted by Gasteiger charge is -2.41. The van der Waals surface area contributed by atoms with Gasteiger partial charge in [0.1, 0.15) is 11.5 Å². The van der Waals surface area contributed by atoms with Crippen LogP contribution in [0.5, 0.6) is 0 Å². The smallest absolute Gasteiger partial charge is 0.118 e. The van der Waals surface area contributed by atoms with E-state index in [9.17, 15) is 0 Å². The van der Waals surface area contributed by atoms with Gasteiger partial charge in [0.05, 0.1) is 26.3 Å². The summed E-state index contributed by atoms with van der Waals surface area (Å²) in [6.45, 7) is 11.9. The summed E-state index contributed by atoms with van der Waals surface area (Å²) in [6.07, 6.45) is 1.15. The fourth-order valence-electron chi connectivity index (χ4n) is 2.36. The average Bonchev–Trinajstić information content (AvgIpc) is 2.80. The lowest BCUT2D eigenvalue weighted by molar-refractivity contribution is -0.0578. The average molecular weight is 266 g/mol. The maximum Gasteiger partial charge on any atom is 0.118 e. The van der Waals surface area contributed by atoms with E-state index in [-0.39, 0.29) is 5.54 Å². The topological polar surface area (TPSA) is 37.6 Å². The number of rotatable bonds is 6. The molecule has 2 rings (SSSR count). The first kappa shape index (κ1) is 14.6. The Balaban J connectivity index is 1.88. The highest BCUT2D eigenvalue weighted by Gasteiger charge is 2.30. The molecule has 0 aromatic carbocycles. The van der Waals surface area contributed by atoms with E-state index < -0.39 is 0 Å². The van der Waals surface area contributed by atoms with Crippen molar-refractivity contribution in [2.45, 2.75) is 45.8 Å². The van der Waals surface area contributed by atoms with Gasteiger partial charge in [-0.1, -0.05) is 6.92 Å². The van der Waals surface area contributed by atoms with E-state index in [1.54, 1.807) is 0 Å². The summed E-state index contributed by atoms with van der Waals surface area (Å²) in [6, 6.07) is 4.17. The van der Waals surface area contributed by atoms with Gasteiger partial charge in [-0.2, -0.15) is 0 Å². The molecule has 0 unspecified atom stereocenters. The van der Waals surface area contributed by atoms with Gasteiger partial charge in [-0.05, 0) is 38.9 Å². The van der Waals surface area contributed by atoms with Gasteiger partial charge in [0.2, 0.25) is 0 Å². The second-order valence-corrected chi connectivity index (χ2v) is 5.83. The van der Waals surface area contributed by atoms with Crippen molar-refractivity contribution in [1.29, 1.82) is 0 Å². The molecule has 1 aliphatic rings. The quantitative estimate of drug-likeness (QED) is 0.802. The first-order valence-electron chi connectivity index (χ1n) is 7.23. The summed E-state index contributed by atoms with van der Waals surface area (Å²) >= 11 is 0. The van der Waals surface area contributed by atoms with Gasteiger partial charge >= 0.3 is 0 Å². The van der Waals surface area contributed by atoms with Crippen molar-refractivity contribution in [3.63, 3.8) is 0 Å². The zero-order valence-corrected chi connectivity index (χ0v) is 12.4. The molecule has 4 nitrogen and oxygen atoms in total. The molecule has 1 aliphatic heterocycles. The Morgan fingerprint density at radius 3 is 2.84 bits per heavy atom. The highest BCUT2D eigenvalue weighted by atomic mass is 16.5. The molecule has 1 saturated heterocycles. The van der Waals surface area contributed by atoms with Gasteiger partial charge < -0.3 is 14.5 Å². The molecular formula is C15H26N2O2. The molecular weight excluding hydrogens is 240 g/mol. The van der Waals surface area contributed by atoms with Crippen LogP contribution in [0.2, 0.25) is 0 Å². The Morgan fingerprint density at radius 2 is 2.11 bits per heavy atom. The van der Waals surface area contributed by atoms with Crippen LogP contribution in [-0.2, 0) is 17.8 Å². The van der Waals surface area contributed by atoms with E-state index in [1.807, 2.05) is 0 Å². The minimum absolute atomic E-state index is 0.0890. The second-order valence-electron chi connectivity index (χ2n) is 5.83. The van der Waals surface area contributed by atoms with Gasteiger partial charge in [0, 0.05) is 12.1 Å². The zero-order chi connectivity index (χ0) is 13.7. The Morgan fingerprint density at radius 1 is 1.32 bits per heavy atom. The van der Waals surface area contributed by atoms with E-state index in [0.29, 0.717) is 0 Å². The van der Waals surface area contributed by atoms with Gasteiger partial charge in [-0.15, -0.1) is 0 Å². The molecule has 0 amide bonds. The van der Waals surface area contributed by atoms with Crippen LogP contribution in [0.4, 0.5) is 0 Å². The molecule has 1 fully saturated rings. The molecule has 0 atom stereocenters. The third-order valence-electron chi connectivity index (χ3n) is 3.61. The summed E-state index contributed by atoms with van der Waals surface area (Å²) < 4.78 is 11.4. The van der Waals surface area contributed by atoms with Crippen molar-refractivity contribution in [3.05, 3.63) is 23.7 Å². The highest BCUT2D eigenvalue weighted by molar-refractivity contribution is 5.08. The first-order chi connectivity index (χ1) is 9.12. The predicted molar refractivity (Wildman–Crippen MR) is 76.0 cm³/mol. The van der Waals surface area contributed by atoms with Crippen molar-refractivity contribution in [3.8, 4) is 0 Å². The number of furan rings is 1. The van der Waals surface area contributed by atoms with Gasteiger partial charge in [-0.3, -0.25) is 4.90 Å². The Hall–Kier alpha value is -0.840.